The first-order valence-electron chi connectivity index (χ1n) is 5.94. The van der Waals surface area contributed by atoms with Crippen molar-refractivity contribution in [1.29, 1.82) is 0 Å². The fourth-order valence-electron chi connectivity index (χ4n) is 1.95. The zero-order chi connectivity index (χ0) is 14.7. The fraction of sp³-hybridized carbons (Fsp3) is 0.200. The average Bonchev–Trinajstić information content (AvgIpc) is 2.90. The van der Waals surface area contributed by atoms with Gasteiger partial charge in [0.1, 0.15) is 23.2 Å². The minimum Gasteiger partial charge on any atom is -0.465 e. The molecule has 1 aromatic heterocycles. The number of carbonyl (C=O) groups is 2. The van der Waals surface area contributed by atoms with E-state index in [9.17, 15) is 9.59 Å². The highest BCUT2D eigenvalue weighted by Gasteiger charge is 2.27. The van der Waals surface area contributed by atoms with E-state index in [0.29, 0.717) is 5.76 Å². The Morgan fingerprint density at radius 2 is 1.70 bits per heavy atom. The summed E-state index contributed by atoms with van der Waals surface area (Å²) >= 11 is 0. The van der Waals surface area contributed by atoms with E-state index in [0.717, 1.165) is 11.1 Å². The summed E-state index contributed by atoms with van der Waals surface area (Å²) in [7, 11) is 2.49. The van der Waals surface area contributed by atoms with E-state index >= 15 is 0 Å². The zero-order valence-corrected chi connectivity index (χ0v) is 11.4. The lowest BCUT2D eigenvalue weighted by atomic mass is 10.0. The van der Waals surface area contributed by atoms with Crippen LogP contribution in [0.15, 0.2) is 34.9 Å². The summed E-state index contributed by atoms with van der Waals surface area (Å²) in [6.07, 6.45) is 1.21. The van der Waals surface area contributed by atoms with E-state index in [1.165, 1.54) is 20.5 Å². The fourth-order valence-corrected chi connectivity index (χ4v) is 1.95. The topological polar surface area (TPSA) is 65.7 Å². The zero-order valence-electron chi connectivity index (χ0n) is 11.4. The molecule has 0 radical (unpaired) electrons. The normalized spacial score (nSPS) is 10.2. The third kappa shape index (κ3) is 2.30. The summed E-state index contributed by atoms with van der Waals surface area (Å²) in [4.78, 5) is 23.6. The Morgan fingerprint density at radius 1 is 1.05 bits per heavy atom. The average molecular weight is 274 g/mol. The largest absolute Gasteiger partial charge is 0.465 e. The van der Waals surface area contributed by atoms with Crippen LogP contribution in [-0.2, 0) is 9.47 Å². The van der Waals surface area contributed by atoms with Gasteiger partial charge in [0, 0.05) is 5.56 Å². The molecule has 0 atom stereocenters. The molecule has 0 saturated heterocycles. The molecule has 0 aliphatic heterocycles. The highest BCUT2D eigenvalue weighted by molar-refractivity contribution is 6.07. The van der Waals surface area contributed by atoms with Gasteiger partial charge in [0.05, 0.1) is 14.2 Å². The first-order chi connectivity index (χ1) is 9.60. The molecular formula is C15H14O5. The smallest absolute Gasteiger partial charge is 0.342 e. The second-order valence-corrected chi connectivity index (χ2v) is 4.15. The van der Waals surface area contributed by atoms with Gasteiger partial charge in [0.2, 0.25) is 0 Å². The molecule has 2 rings (SSSR count). The minimum atomic E-state index is -0.644. The molecule has 0 bridgehead atoms. The van der Waals surface area contributed by atoms with Crippen molar-refractivity contribution in [3.05, 3.63) is 47.2 Å². The molecule has 0 amide bonds. The number of methoxy groups -OCH3 is 2. The molecule has 1 aromatic carbocycles. The van der Waals surface area contributed by atoms with Crippen molar-refractivity contribution >= 4 is 11.9 Å². The van der Waals surface area contributed by atoms with Gasteiger partial charge in [0.25, 0.3) is 0 Å². The molecule has 5 nitrogen and oxygen atoms in total. The molecule has 0 aliphatic rings. The van der Waals surface area contributed by atoms with Crippen molar-refractivity contribution in [2.24, 2.45) is 0 Å². The van der Waals surface area contributed by atoms with Crippen LogP contribution < -0.4 is 0 Å². The predicted octanol–water partition coefficient (Wildman–Crippen LogP) is 2.83. The summed E-state index contributed by atoms with van der Waals surface area (Å²) in [5, 5.41) is 0. The first-order valence-corrected chi connectivity index (χ1v) is 5.94. The van der Waals surface area contributed by atoms with Gasteiger partial charge in [-0.2, -0.15) is 0 Å². The molecular weight excluding hydrogens is 260 g/mol. The maximum absolute atomic E-state index is 11.9. The summed E-state index contributed by atoms with van der Waals surface area (Å²) in [5.74, 6) is -0.985. The van der Waals surface area contributed by atoms with E-state index in [1.54, 1.807) is 0 Å². The summed E-state index contributed by atoms with van der Waals surface area (Å²) < 4.78 is 14.8. The van der Waals surface area contributed by atoms with Gasteiger partial charge in [-0.15, -0.1) is 0 Å². The van der Waals surface area contributed by atoms with Gasteiger partial charge in [-0.1, -0.05) is 24.3 Å². The molecule has 0 N–H and O–H groups in total. The molecule has 0 spiro atoms. The molecule has 5 heteroatoms. The number of hydrogen-bond donors (Lipinski definition) is 0. The van der Waals surface area contributed by atoms with E-state index in [1.807, 2.05) is 31.2 Å². The minimum absolute atomic E-state index is 0.0533. The molecule has 0 aliphatic carbocycles. The van der Waals surface area contributed by atoms with Gasteiger partial charge in [0.15, 0.2) is 0 Å². The van der Waals surface area contributed by atoms with E-state index < -0.39 is 11.9 Å². The van der Waals surface area contributed by atoms with Gasteiger partial charge >= 0.3 is 11.9 Å². The molecule has 0 saturated carbocycles. The lowest BCUT2D eigenvalue weighted by molar-refractivity contribution is 0.0557. The van der Waals surface area contributed by atoms with E-state index in [2.05, 4.69) is 4.74 Å². The lowest BCUT2D eigenvalue weighted by Gasteiger charge is -2.05. The maximum Gasteiger partial charge on any atom is 0.342 e. The Labute approximate surface area is 116 Å². The molecule has 2 aromatic rings. The van der Waals surface area contributed by atoms with Crippen LogP contribution in [0.5, 0.6) is 0 Å². The van der Waals surface area contributed by atoms with Crippen LogP contribution in [0, 0.1) is 6.92 Å². The third-order valence-corrected chi connectivity index (χ3v) is 2.98. The Balaban J connectivity index is 2.66. The van der Waals surface area contributed by atoms with E-state index in [-0.39, 0.29) is 11.1 Å². The van der Waals surface area contributed by atoms with Gasteiger partial charge in [-0.3, -0.25) is 0 Å². The van der Waals surface area contributed by atoms with Crippen LogP contribution in [-0.4, -0.2) is 26.2 Å². The van der Waals surface area contributed by atoms with Crippen LogP contribution in [0.1, 0.15) is 26.3 Å². The standard InChI is InChI=1S/C15H14O5/c1-9-6-4-5-7-10(9)13-12(15(17)19-3)11(8-20-13)14(16)18-2/h4-8H,1-3H3. The summed E-state index contributed by atoms with van der Waals surface area (Å²) in [6.45, 7) is 1.89. The first kappa shape index (κ1) is 13.9. The van der Waals surface area contributed by atoms with Crippen molar-refractivity contribution < 1.29 is 23.5 Å². The Morgan fingerprint density at radius 3 is 2.30 bits per heavy atom. The molecule has 0 fully saturated rings. The second kappa shape index (κ2) is 5.61. The summed E-state index contributed by atoms with van der Waals surface area (Å²) in [6, 6.07) is 7.39. The van der Waals surface area contributed by atoms with Gasteiger partial charge < -0.3 is 13.9 Å². The third-order valence-electron chi connectivity index (χ3n) is 2.98. The van der Waals surface area contributed by atoms with Gasteiger partial charge in [-0.25, -0.2) is 9.59 Å². The number of carbonyl (C=O) groups excluding carboxylic acids is 2. The molecule has 0 unspecified atom stereocenters. The lowest BCUT2D eigenvalue weighted by Crippen LogP contribution is -2.10. The van der Waals surface area contributed by atoms with Crippen molar-refractivity contribution in [2.75, 3.05) is 14.2 Å². The number of esters is 2. The second-order valence-electron chi connectivity index (χ2n) is 4.15. The number of rotatable bonds is 3. The molecule has 1 heterocycles. The number of furan rings is 1. The van der Waals surface area contributed by atoms with Crippen molar-refractivity contribution in [3.8, 4) is 11.3 Å². The quantitative estimate of drug-likeness (QED) is 0.805. The Hall–Kier alpha value is -2.56. The number of ether oxygens (including phenoxy) is 2. The molecule has 20 heavy (non-hydrogen) atoms. The monoisotopic (exact) mass is 274 g/mol. The SMILES string of the molecule is COC(=O)c1coc(-c2ccccc2C)c1C(=O)OC. The van der Waals surface area contributed by atoms with Crippen LogP contribution in [0.3, 0.4) is 0 Å². The number of aryl methyl sites for hydroxylation is 1. The Kier molecular flexibility index (Phi) is 3.89. The van der Waals surface area contributed by atoms with Gasteiger partial charge in [-0.05, 0) is 12.5 Å². The highest BCUT2D eigenvalue weighted by Crippen LogP contribution is 2.31. The van der Waals surface area contributed by atoms with Crippen molar-refractivity contribution in [2.45, 2.75) is 6.92 Å². The maximum atomic E-state index is 11.9. The van der Waals surface area contributed by atoms with E-state index in [4.69, 9.17) is 9.15 Å². The van der Waals surface area contributed by atoms with Crippen molar-refractivity contribution in [3.63, 3.8) is 0 Å². The number of hydrogen-bond acceptors (Lipinski definition) is 5. The number of benzene rings is 1. The van der Waals surface area contributed by atoms with Crippen LogP contribution >= 0.6 is 0 Å². The molecule has 104 valence electrons. The Bertz CT molecular complexity index is 654. The van der Waals surface area contributed by atoms with Crippen molar-refractivity contribution in [1.82, 2.24) is 0 Å². The van der Waals surface area contributed by atoms with Crippen LogP contribution in [0.25, 0.3) is 11.3 Å². The van der Waals surface area contributed by atoms with Crippen LogP contribution in [0.4, 0.5) is 0 Å². The highest BCUT2D eigenvalue weighted by atomic mass is 16.5. The van der Waals surface area contributed by atoms with Crippen LogP contribution in [0.2, 0.25) is 0 Å². The predicted molar refractivity (Wildman–Crippen MR) is 71.6 cm³/mol. The summed E-state index contributed by atoms with van der Waals surface area (Å²) in [5.41, 5.74) is 1.78.